The number of imidazole rings is 1. The van der Waals surface area contributed by atoms with Gasteiger partial charge in [-0.1, -0.05) is 26.0 Å². The molecule has 2 aliphatic rings. The highest BCUT2D eigenvalue weighted by Crippen LogP contribution is 2.47. The fraction of sp³-hybridized carbons (Fsp3) is 0.450. The van der Waals surface area contributed by atoms with Gasteiger partial charge in [-0.15, -0.1) is 0 Å². The molecule has 25 heavy (non-hydrogen) atoms. The number of hydrogen-bond donors (Lipinski definition) is 0. The van der Waals surface area contributed by atoms with Crippen molar-refractivity contribution >= 4 is 16.9 Å². The van der Waals surface area contributed by atoms with Crippen molar-refractivity contribution in [1.29, 1.82) is 5.26 Å². The van der Waals surface area contributed by atoms with Gasteiger partial charge in [0.25, 0.3) is 5.91 Å². The second-order valence-corrected chi connectivity index (χ2v) is 8.21. The molecule has 0 aliphatic carbocycles. The Kier molecular flexibility index (Phi) is 3.23. The van der Waals surface area contributed by atoms with E-state index in [1.165, 1.54) is 0 Å². The summed E-state index contributed by atoms with van der Waals surface area (Å²) in [5.74, 6) is -0.0452. The minimum absolute atomic E-state index is 0.0362. The molecule has 5 nitrogen and oxygen atoms in total. The number of hydrogen-bond acceptors (Lipinski definition) is 4. The van der Waals surface area contributed by atoms with E-state index in [1.54, 1.807) is 10.6 Å². The number of fused-ring (bicyclic) bond motifs is 3. The number of rotatable bonds is 2. The third-order valence-corrected chi connectivity index (χ3v) is 6.28. The van der Waals surface area contributed by atoms with Crippen molar-refractivity contribution in [3.8, 4) is 6.07 Å². The van der Waals surface area contributed by atoms with Crippen molar-refractivity contribution in [2.75, 3.05) is 13.1 Å². The minimum Gasteiger partial charge on any atom is -0.293 e. The molecule has 5 heteroatoms. The molecule has 1 aromatic heterocycles. The summed E-state index contributed by atoms with van der Waals surface area (Å²) >= 11 is 0. The molecular weight excluding hydrogens is 312 g/mol. The zero-order valence-electron chi connectivity index (χ0n) is 15.1. The molecule has 0 amide bonds. The molecule has 2 aliphatic heterocycles. The second-order valence-electron chi connectivity index (χ2n) is 8.21. The predicted octanol–water partition coefficient (Wildman–Crippen LogP) is 3.34. The molecule has 128 valence electrons. The number of carbonyl (C=O) groups is 1. The zero-order valence-corrected chi connectivity index (χ0v) is 15.1. The van der Waals surface area contributed by atoms with E-state index in [-0.39, 0.29) is 16.9 Å². The summed E-state index contributed by atoms with van der Waals surface area (Å²) in [6.07, 6.45) is 1.64. The Morgan fingerprint density at radius 3 is 2.64 bits per heavy atom. The van der Waals surface area contributed by atoms with Crippen LogP contribution in [-0.2, 0) is 0 Å². The van der Waals surface area contributed by atoms with E-state index in [0.29, 0.717) is 12.4 Å². The van der Waals surface area contributed by atoms with Crippen LogP contribution in [0.2, 0.25) is 0 Å². The smallest absolute Gasteiger partial charge is 0.256 e. The van der Waals surface area contributed by atoms with E-state index in [1.807, 2.05) is 24.3 Å². The van der Waals surface area contributed by atoms with Crippen LogP contribution in [0.1, 0.15) is 44.2 Å². The van der Waals surface area contributed by atoms with Gasteiger partial charge in [0.1, 0.15) is 11.7 Å². The zero-order chi connectivity index (χ0) is 18.0. The topological polar surface area (TPSA) is 61.9 Å². The monoisotopic (exact) mass is 334 g/mol. The summed E-state index contributed by atoms with van der Waals surface area (Å²) in [6.45, 7) is 10.5. The van der Waals surface area contributed by atoms with E-state index in [4.69, 9.17) is 0 Å². The molecule has 0 N–H and O–H groups in total. The van der Waals surface area contributed by atoms with Crippen LogP contribution in [0.4, 0.5) is 0 Å². The lowest BCUT2D eigenvalue weighted by Crippen LogP contribution is -2.69. The molecule has 0 bridgehead atoms. The van der Waals surface area contributed by atoms with Crippen molar-refractivity contribution in [3.05, 3.63) is 41.7 Å². The molecule has 2 aromatic rings. The first-order chi connectivity index (χ1) is 11.8. The van der Waals surface area contributed by atoms with Crippen LogP contribution in [0.3, 0.4) is 0 Å². The second kappa shape index (κ2) is 5.03. The summed E-state index contributed by atoms with van der Waals surface area (Å²) < 4.78 is 1.58. The van der Waals surface area contributed by atoms with Crippen LogP contribution < -0.4 is 0 Å². The predicted molar refractivity (Wildman–Crippen MR) is 96.2 cm³/mol. The lowest BCUT2D eigenvalue weighted by Gasteiger charge is -2.62. The van der Waals surface area contributed by atoms with Crippen molar-refractivity contribution in [2.45, 2.75) is 39.2 Å². The van der Waals surface area contributed by atoms with Crippen molar-refractivity contribution in [2.24, 2.45) is 5.41 Å². The number of likely N-dealkylation sites (tertiary alicyclic amines) is 1. The molecular formula is C20H22N4O. The number of nitriles is 1. The van der Waals surface area contributed by atoms with Crippen LogP contribution in [0.15, 0.2) is 35.9 Å². The maximum Gasteiger partial charge on any atom is 0.256 e. The van der Waals surface area contributed by atoms with Gasteiger partial charge in [-0.05, 0) is 37.0 Å². The number of para-hydroxylation sites is 2. The molecule has 1 atom stereocenters. The first-order valence-corrected chi connectivity index (χ1v) is 8.63. The average Bonchev–Trinajstić information content (AvgIpc) is 2.94. The summed E-state index contributed by atoms with van der Waals surface area (Å²) in [7, 11) is 0. The summed E-state index contributed by atoms with van der Waals surface area (Å²) in [5.41, 5.74) is 2.63. The third kappa shape index (κ3) is 2.11. The van der Waals surface area contributed by atoms with Crippen LogP contribution >= 0.6 is 0 Å². The number of allylic oxidation sites excluding steroid dienone is 1. The van der Waals surface area contributed by atoms with Crippen LogP contribution in [0, 0.1) is 16.7 Å². The molecule has 1 fully saturated rings. The van der Waals surface area contributed by atoms with Gasteiger partial charge in [0, 0.05) is 24.7 Å². The Balaban J connectivity index is 1.72. The highest BCUT2D eigenvalue weighted by atomic mass is 16.2. The standard InChI is InChI=1S/C20H22N4O/c1-19(2)12-23(20(19,3)4)11-13-9-17(25)24-16-8-6-5-7-15(16)22-18(24)14(13)10-21/h5-9,14H,11-12H2,1-4H3. The number of nitrogens with zero attached hydrogens (tertiary/aromatic N) is 4. The maximum absolute atomic E-state index is 12.7. The first-order valence-electron chi connectivity index (χ1n) is 8.63. The van der Waals surface area contributed by atoms with Gasteiger partial charge in [0.05, 0.1) is 17.1 Å². The molecule has 1 aromatic carbocycles. The number of benzene rings is 1. The van der Waals surface area contributed by atoms with Gasteiger partial charge in [-0.3, -0.25) is 14.3 Å². The fourth-order valence-electron chi connectivity index (χ4n) is 3.90. The molecule has 4 rings (SSSR count). The minimum atomic E-state index is -0.482. The highest BCUT2D eigenvalue weighted by Gasteiger charge is 2.52. The molecule has 1 unspecified atom stereocenters. The fourth-order valence-corrected chi connectivity index (χ4v) is 3.90. The Morgan fingerprint density at radius 2 is 2.00 bits per heavy atom. The first kappa shape index (κ1) is 16.0. The van der Waals surface area contributed by atoms with Gasteiger partial charge in [-0.2, -0.15) is 5.26 Å². The van der Waals surface area contributed by atoms with Gasteiger partial charge in [0.2, 0.25) is 0 Å². The largest absolute Gasteiger partial charge is 0.293 e. The van der Waals surface area contributed by atoms with Crippen molar-refractivity contribution in [3.63, 3.8) is 0 Å². The van der Waals surface area contributed by atoms with Gasteiger partial charge in [-0.25, -0.2) is 4.98 Å². The lowest BCUT2D eigenvalue weighted by atomic mass is 9.65. The van der Waals surface area contributed by atoms with Crippen LogP contribution in [0.25, 0.3) is 11.0 Å². The van der Waals surface area contributed by atoms with Gasteiger partial charge in [0.15, 0.2) is 0 Å². The summed E-state index contributed by atoms with van der Waals surface area (Å²) in [4.78, 5) is 19.7. The van der Waals surface area contributed by atoms with Crippen LogP contribution in [0.5, 0.6) is 0 Å². The van der Waals surface area contributed by atoms with E-state index in [0.717, 1.165) is 23.2 Å². The Labute approximate surface area is 147 Å². The van der Waals surface area contributed by atoms with Gasteiger partial charge >= 0.3 is 0 Å². The maximum atomic E-state index is 12.7. The number of carbonyl (C=O) groups excluding carboxylic acids is 1. The highest BCUT2D eigenvalue weighted by molar-refractivity contribution is 5.99. The van der Waals surface area contributed by atoms with E-state index in [2.05, 4.69) is 43.6 Å². The summed E-state index contributed by atoms with van der Waals surface area (Å²) in [6, 6.07) is 9.89. The van der Waals surface area contributed by atoms with E-state index < -0.39 is 5.92 Å². The Hall–Kier alpha value is -2.45. The Bertz CT molecular complexity index is 958. The van der Waals surface area contributed by atoms with Gasteiger partial charge < -0.3 is 0 Å². The molecule has 1 saturated heterocycles. The lowest BCUT2D eigenvalue weighted by molar-refractivity contribution is -0.110. The molecule has 0 spiro atoms. The van der Waals surface area contributed by atoms with Crippen LogP contribution in [-0.4, -0.2) is 39.0 Å². The number of aromatic nitrogens is 2. The SMILES string of the molecule is CC1(C)CN(CC2=CC(=O)n3c(nc4ccccc43)C2C#N)C1(C)C. The van der Waals surface area contributed by atoms with E-state index in [9.17, 15) is 10.1 Å². The van der Waals surface area contributed by atoms with Crippen molar-refractivity contribution in [1.82, 2.24) is 14.5 Å². The molecule has 3 heterocycles. The Morgan fingerprint density at radius 1 is 1.28 bits per heavy atom. The third-order valence-electron chi connectivity index (χ3n) is 6.28. The summed E-state index contributed by atoms with van der Waals surface area (Å²) in [5, 5.41) is 9.78. The molecule has 0 saturated carbocycles. The average molecular weight is 334 g/mol. The van der Waals surface area contributed by atoms with E-state index >= 15 is 0 Å². The normalized spacial score (nSPS) is 24.4. The quantitative estimate of drug-likeness (QED) is 0.845. The molecule has 0 radical (unpaired) electrons. The van der Waals surface area contributed by atoms with Crippen molar-refractivity contribution < 1.29 is 4.79 Å².